The molecule has 1 atom stereocenters. The van der Waals surface area contributed by atoms with E-state index in [9.17, 15) is 8.42 Å². The predicted molar refractivity (Wildman–Crippen MR) is 151 cm³/mol. The highest BCUT2D eigenvalue weighted by atomic mass is 35.5. The number of methoxy groups -OCH3 is 2. The lowest BCUT2D eigenvalue weighted by Crippen LogP contribution is -2.34. The van der Waals surface area contributed by atoms with Crippen molar-refractivity contribution >= 4 is 38.1 Å². The number of anilines is 1. The van der Waals surface area contributed by atoms with E-state index in [4.69, 9.17) is 25.8 Å². The molecule has 0 aromatic heterocycles. The third-order valence-electron chi connectivity index (χ3n) is 6.72. The summed E-state index contributed by atoms with van der Waals surface area (Å²) in [6.07, 6.45) is 0.819. The number of sulfonamides is 1. The van der Waals surface area contributed by atoms with Crippen LogP contribution in [0.4, 0.5) is 5.69 Å². The van der Waals surface area contributed by atoms with Gasteiger partial charge in [-0.15, -0.1) is 0 Å². The van der Waals surface area contributed by atoms with Crippen LogP contribution in [0.5, 0.6) is 17.2 Å². The van der Waals surface area contributed by atoms with Crippen LogP contribution >= 0.6 is 11.6 Å². The molecule has 1 aliphatic heterocycles. The van der Waals surface area contributed by atoms with Crippen LogP contribution in [0.1, 0.15) is 13.3 Å². The van der Waals surface area contributed by atoms with Gasteiger partial charge < -0.3 is 19.5 Å². The lowest BCUT2D eigenvalue weighted by atomic mass is 9.98. The van der Waals surface area contributed by atoms with Gasteiger partial charge in [0.1, 0.15) is 11.4 Å². The Labute approximate surface area is 227 Å². The zero-order chi connectivity index (χ0) is 26.9. The Morgan fingerprint density at radius 2 is 1.63 bits per heavy atom. The molecular weight excluding hydrogens is 524 g/mol. The van der Waals surface area contributed by atoms with Crippen molar-refractivity contribution in [1.29, 1.82) is 0 Å². The van der Waals surface area contributed by atoms with Crippen LogP contribution in [0.2, 0.25) is 5.02 Å². The summed E-state index contributed by atoms with van der Waals surface area (Å²) in [6, 6.07) is 21.6. The van der Waals surface area contributed by atoms with E-state index in [1.165, 1.54) is 20.3 Å². The molecule has 0 unspecified atom stereocenters. The highest BCUT2D eigenvalue weighted by Gasteiger charge is 2.31. The second-order valence-corrected chi connectivity index (χ2v) is 11.5. The average Bonchev–Trinajstić information content (AvgIpc) is 3.35. The topological polar surface area (TPSA) is 85.9 Å². The van der Waals surface area contributed by atoms with Gasteiger partial charge in [-0.1, -0.05) is 54.1 Å². The SMILES string of the molecule is COc1cc(-c2cccc3ccccc23)c(S(=O)(=O)Nc2ccc(Cl)c(O[C@]3(C)CCNC3)c2)cc1OC. The van der Waals surface area contributed by atoms with Crippen LogP contribution in [-0.4, -0.2) is 41.3 Å². The quantitative estimate of drug-likeness (QED) is 0.274. The van der Waals surface area contributed by atoms with Gasteiger partial charge in [0.2, 0.25) is 0 Å². The Balaban J connectivity index is 1.60. The minimum Gasteiger partial charge on any atom is -0.493 e. The molecule has 0 radical (unpaired) electrons. The number of hydrogen-bond donors (Lipinski definition) is 2. The van der Waals surface area contributed by atoms with E-state index < -0.39 is 15.6 Å². The van der Waals surface area contributed by atoms with Crippen LogP contribution in [0.15, 0.2) is 77.7 Å². The Morgan fingerprint density at radius 3 is 2.37 bits per heavy atom. The lowest BCUT2D eigenvalue weighted by Gasteiger charge is -2.26. The molecule has 0 spiro atoms. The van der Waals surface area contributed by atoms with E-state index in [-0.39, 0.29) is 4.90 Å². The number of nitrogens with one attached hydrogen (secondary N) is 2. The fourth-order valence-corrected chi connectivity index (χ4v) is 6.18. The zero-order valence-corrected chi connectivity index (χ0v) is 22.9. The van der Waals surface area contributed by atoms with Crippen molar-refractivity contribution < 1.29 is 22.6 Å². The molecule has 9 heteroatoms. The second-order valence-electron chi connectivity index (χ2n) is 9.46. The standard InChI is InChI=1S/C29H29ClN2O5S/c1-29(13-14-31-18-29)37-25-15-20(11-12-24(25)30)32-38(33,34)28-17-27(36-3)26(35-2)16-23(28)22-10-6-8-19-7-4-5-9-21(19)22/h4-12,15-17,31-32H,13-14,18H2,1-3H3/t29-/m1/s1. The van der Waals surface area contributed by atoms with Crippen LogP contribution in [-0.2, 0) is 10.0 Å². The van der Waals surface area contributed by atoms with Gasteiger partial charge in [-0.3, -0.25) is 4.72 Å². The van der Waals surface area contributed by atoms with E-state index in [1.54, 1.807) is 24.3 Å². The molecule has 198 valence electrons. The molecule has 0 bridgehead atoms. The number of hydrogen-bond acceptors (Lipinski definition) is 6. The molecule has 2 N–H and O–H groups in total. The van der Waals surface area contributed by atoms with E-state index >= 15 is 0 Å². The Kier molecular flexibility index (Phi) is 7.13. The molecule has 5 rings (SSSR count). The summed E-state index contributed by atoms with van der Waals surface area (Å²) in [5.74, 6) is 1.15. The average molecular weight is 553 g/mol. The predicted octanol–water partition coefficient (Wildman–Crippen LogP) is 6.11. The second kappa shape index (κ2) is 10.4. The maximum absolute atomic E-state index is 13.9. The molecule has 4 aromatic rings. The van der Waals surface area contributed by atoms with Crippen LogP contribution in [0.3, 0.4) is 0 Å². The minimum atomic E-state index is -4.09. The van der Waals surface area contributed by atoms with Gasteiger partial charge in [0.15, 0.2) is 11.5 Å². The summed E-state index contributed by atoms with van der Waals surface area (Å²) < 4.78 is 47.7. The van der Waals surface area contributed by atoms with Gasteiger partial charge in [-0.05, 0) is 48.0 Å². The number of rotatable bonds is 8. The molecule has 38 heavy (non-hydrogen) atoms. The molecule has 1 fully saturated rings. The first-order chi connectivity index (χ1) is 18.2. The third kappa shape index (κ3) is 5.12. The fraction of sp³-hybridized carbons (Fsp3) is 0.241. The molecule has 1 aliphatic rings. The molecule has 0 saturated carbocycles. The molecule has 7 nitrogen and oxygen atoms in total. The van der Waals surface area contributed by atoms with Gasteiger partial charge >= 0.3 is 0 Å². The van der Waals surface area contributed by atoms with Crippen molar-refractivity contribution in [1.82, 2.24) is 5.32 Å². The largest absolute Gasteiger partial charge is 0.493 e. The first kappa shape index (κ1) is 26.2. The highest BCUT2D eigenvalue weighted by Crippen LogP contribution is 2.41. The third-order valence-corrected chi connectivity index (χ3v) is 8.46. The van der Waals surface area contributed by atoms with Crippen molar-refractivity contribution in [2.75, 3.05) is 32.0 Å². The maximum Gasteiger partial charge on any atom is 0.262 e. The highest BCUT2D eigenvalue weighted by molar-refractivity contribution is 7.92. The van der Waals surface area contributed by atoms with Crippen molar-refractivity contribution in [3.8, 4) is 28.4 Å². The summed E-state index contributed by atoms with van der Waals surface area (Å²) in [6.45, 7) is 3.52. The fourth-order valence-electron chi connectivity index (χ4n) is 4.76. The maximum atomic E-state index is 13.9. The summed E-state index contributed by atoms with van der Waals surface area (Å²) in [5.41, 5.74) is 1.15. The van der Waals surface area contributed by atoms with E-state index in [1.807, 2.05) is 49.4 Å². The van der Waals surface area contributed by atoms with Gasteiger partial charge in [-0.25, -0.2) is 8.42 Å². The van der Waals surface area contributed by atoms with Gasteiger partial charge in [0, 0.05) is 30.7 Å². The smallest absolute Gasteiger partial charge is 0.262 e. The first-order valence-electron chi connectivity index (χ1n) is 12.2. The zero-order valence-electron chi connectivity index (χ0n) is 21.4. The van der Waals surface area contributed by atoms with Crippen LogP contribution in [0.25, 0.3) is 21.9 Å². The summed E-state index contributed by atoms with van der Waals surface area (Å²) >= 11 is 6.41. The number of fused-ring (bicyclic) bond motifs is 1. The van der Waals surface area contributed by atoms with Gasteiger partial charge in [0.25, 0.3) is 10.0 Å². The minimum absolute atomic E-state index is 0.0517. The lowest BCUT2D eigenvalue weighted by molar-refractivity contribution is 0.111. The number of ether oxygens (including phenoxy) is 3. The molecule has 4 aromatic carbocycles. The molecular formula is C29H29ClN2O5S. The van der Waals surface area contributed by atoms with E-state index in [2.05, 4.69) is 10.0 Å². The summed E-state index contributed by atoms with van der Waals surface area (Å²) in [5, 5.41) is 5.59. The number of halogens is 1. The van der Waals surface area contributed by atoms with E-state index in [0.29, 0.717) is 40.1 Å². The first-order valence-corrected chi connectivity index (χ1v) is 14.1. The molecule has 0 amide bonds. The Bertz CT molecular complexity index is 1600. The monoisotopic (exact) mass is 552 g/mol. The van der Waals surface area contributed by atoms with Crippen LogP contribution < -0.4 is 24.2 Å². The Hall–Kier alpha value is -3.46. The van der Waals surface area contributed by atoms with Crippen molar-refractivity contribution in [3.05, 3.63) is 77.8 Å². The van der Waals surface area contributed by atoms with Crippen molar-refractivity contribution in [2.45, 2.75) is 23.8 Å². The van der Waals surface area contributed by atoms with E-state index in [0.717, 1.165) is 29.3 Å². The van der Waals surface area contributed by atoms with Crippen molar-refractivity contribution in [2.24, 2.45) is 0 Å². The Morgan fingerprint density at radius 1 is 0.895 bits per heavy atom. The summed E-state index contributed by atoms with van der Waals surface area (Å²) in [4.78, 5) is 0.0517. The van der Waals surface area contributed by atoms with Gasteiger partial charge in [-0.2, -0.15) is 0 Å². The van der Waals surface area contributed by atoms with Crippen LogP contribution in [0, 0.1) is 0 Å². The normalized spacial score (nSPS) is 17.4. The molecule has 1 saturated heterocycles. The molecule has 0 aliphatic carbocycles. The van der Waals surface area contributed by atoms with Crippen molar-refractivity contribution in [3.63, 3.8) is 0 Å². The summed E-state index contributed by atoms with van der Waals surface area (Å²) in [7, 11) is -1.09. The number of benzene rings is 4. The van der Waals surface area contributed by atoms with Gasteiger partial charge in [0.05, 0.1) is 29.8 Å². The molecule has 1 heterocycles.